The van der Waals surface area contributed by atoms with Crippen molar-refractivity contribution in [3.8, 4) is 34.0 Å². The van der Waals surface area contributed by atoms with E-state index in [0.29, 0.717) is 27.5 Å². The minimum absolute atomic E-state index is 0.163. The van der Waals surface area contributed by atoms with Crippen molar-refractivity contribution in [3.63, 3.8) is 0 Å². The smallest absolute Gasteiger partial charge is 0.260 e. The largest absolute Gasteiger partial charge is 0.493 e. The summed E-state index contributed by atoms with van der Waals surface area (Å²) in [6.45, 7) is 0. The summed E-state index contributed by atoms with van der Waals surface area (Å²) in [7, 11) is 3.16. The standard InChI is InChI=1S/C20H15BrN2O3S/c1-25-15-8-5-12(9-16(15)26-2)18-22-19(24)17-14(10-27-20(17)23-18)11-3-6-13(21)7-4-11/h3-10H,1-2H3,(H,22,23,24). The zero-order chi connectivity index (χ0) is 19.0. The van der Waals surface area contributed by atoms with Crippen LogP contribution < -0.4 is 15.0 Å². The fourth-order valence-corrected chi connectivity index (χ4v) is 4.12. The number of ether oxygens (including phenoxy) is 2. The third-order valence-corrected chi connectivity index (χ3v) is 5.66. The summed E-state index contributed by atoms with van der Waals surface area (Å²) in [5.41, 5.74) is 2.46. The molecule has 0 amide bonds. The highest BCUT2D eigenvalue weighted by atomic mass is 79.9. The van der Waals surface area contributed by atoms with E-state index in [4.69, 9.17) is 9.47 Å². The molecular weight excluding hydrogens is 428 g/mol. The van der Waals surface area contributed by atoms with E-state index >= 15 is 0 Å². The first-order valence-corrected chi connectivity index (χ1v) is 9.78. The van der Waals surface area contributed by atoms with Crippen molar-refractivity contribution in [2.45, 2.75) is 0 Å². The van der Waals surface area contributed by atoms with Crippen LogP contribution in [-0.2, 0) is 0 Å². The Kier molecular flexibility index (Phi) is 4.72. The van der Waals surface area contributed by atoms with Crippen LogP contribution >= 0.6 is 27.3 Å². The summed E-state index contributed by atoms with van der Waals surface area (Å²) in [6, 6.07) is 13.3. The molecule has 1 N–H and O–H groups in total. The number of aromatic amines is 1. The number of nitrogens with zero attached hydrogens (tertiary/aromatic N) is 1. The first kappa shape index (κ1) is 17.8. The number of rotatable bonds is 4. The van der Waals surface area contributed by atoms with E-state index in [1.807, 2.05) is 35.7 Å². The van der Waals surface area contributed by atoms with Gasteiger partial charge in [0.1, 0.15) is 10.7 Å². The Labute approximate surface area is 167 Å². The Morgan fingerprint density at radius 2 is 1.70 bits per heavy atom. The number of methoxy groups -OCH3 is 2. The van der Waals surface area contributed by atoms with Gasteiger partial charge in [-0.3, -0.25) is 4.79 Å². The summed E-state index contributed by atoms with van der Waals surface area (Å²) < 4.78 is 11.6. The monoisotopic (exact) mass is 442 g/mol. The number of hydrogen-bond acceptors (Lipinski definition) is 5. The second-order valence-corrected chi connectivity index (χ2v) is 7.59. The Morgan fingerprint density at radius 1 is 1.00 bits per heavy atom. The molecule has 0 saturated heterocycles. The molecule has 0 fully saturated rings. The van der Waals surface area contributed by atoms with Gasteiger partial charge < -0.3 is 14.5 Å². The lowest BCUT2D eigenvalue weighted by Gasteiger charge is -2.09. The van der Waals surface area contributed by atoms with Crippen molar-refractivity contribution in [1.82, 2.24) is 9.97 Å². The highest BCUT2D eigenvalue weighted by Crippen LogP contribution is 2.34. The molecule has 2 heterocycles. The fourth-order valence-electron chi connectivity index (χ4n) is 2.91. The van der Waals surface area contributed by atoms with Gasteiger partial charge >= 0.3 is 0 Å². The average Bonchev–Trinajstić information content (AvgIpc) is 3.12. The second kappa shape index (κ2) is 7.17. The molecule has 0 aliphatic rings. The first-order valence-electron chi connectivity index (χ1n) is 8.10. The van der Waals surface area contributed by atoms with Crippen LogP contribution in [0.5, 0.6) is 11.5 Å². The summed E-state index contributed by atoms with van der Waals surface area (Å²) in [5, 5.41) is 2.57. The molecular formula is C20H15BrN2O3S. The molecule has 0 radical (unpaired) electrons. The molecule has 4 aromatic rings. The predicted octanol–water partition coefficient (Wildman–Crippen LogP) is 5.10. The van der Waals surface area contributed by atoms with Crippen molar-refractivity contribution >= 4 is 37.5 Å². The number of halogens is 1. The summed E-state index contributed by atoms with van der Waals surface area (Å²) >= 11 is 4.89. The van der Waals surface area contributed by atoms with Gasteiger partial charge in [-0.15, -0.1) is 11.3 Å². The van der Waals surface area contributed by atoms with Crippen LogP contribution in [0.15, 0.2) is 57.1 Å². The highest BCUT2D eigenvalue weighted by molar-refractivity contribution is 9.10. The molecule has 136 valence electrons. The SMILES string of the molecule is COc1ccc(-c2nc3scc(-c4ccc(Br)cc4)c3c(=O)[nH]2)cc1OC. The van der Waals surface area contributed by atoms with Crippen molar-refractivity contribution in [3.05, 3.63) is 62.7 Å². The maximum atomic E-state index is 12.8. The number of nitrogens with one attached hydrogen (secondary N) is 1. The molecule has 7 heteroatoms. The Balaban J connectivity index is 1.84. The van der Waals surface area contributed by atoms with E-state index < -0.39 is 0 Å². The highest BCUT2D eigenvalue weighted by Gasteiger charge is 2.15. The molecule has 0 aliphatic heterocycles. The van der Waals surface area contributed by atoms with Gasteiger partial charge in [0.15, 0.2) is 11.5 Å². The third kappa shape index (κ3) is 3.24. The van der Waals surface area contributed by atoms with E-state index in [1.54, 1.807) is 26.4 Å². The van der Waals surface area contributed by atoms with Crippen LogP contribution in [0.4, 0.5) is 0 Å². The van der Waals surface area contributed by atoms with Gasteiger partial charge in [-0.2, -0.15) is 0 Å². The molecule has 0 atom stereocenters. The van der Waals surface area contributed by atoms with Gasteiger partial charge in [0.2, 0.25) is 0 Å². The Bertz CT molecular complexity index is 1180. The number of benzene rings is 2. The van der Waals surface area contributed by atoms with Gasteiger partial charge in [0.25, 0.3) is 5.56 Å². The number of fused-ring (bicyclic) bond motifs is 1. The van der Waals surface area contributed by atoms with Crippen LogP contribution in [0.3, 0.4) is 0 Å². The average molecular weight is 443 g/mol. The number of hydrogen-bond donors (Lipinski definition) is 1. The molecule has 4 rings (SSSR count). The molecule has 0 saturated carbocycles. The van der Waals surface area contributed by atoms with Gasteiger partial charge in [0, 0.05) is 21.0 Å². The van der Waals surface area contributed by atoms with E-state index in [-0.39, 0.29) is 5.56 Å². The molecule has 0 bridgehead atoms. The summed E-state index contributed by atoms with van der Waals surface area (Å²) in [6.07, 6.45) is 0. The van der Waals surface area contributed by atoms with Crippen LogP contribution in [-0.4, -0.2) is 24.2 Å². The molecule has 0 spiro atoms. The third-order valence-electron chi connectivity index (χ3n) is 4.26. The number of H-pyrrole nitrogens is 1. The predicted molar refractivity (Wildman–Crippen MR) is 112 cm³/mol. The van der Waals surface area contributed by atoms with E-state index in [0.717, 1.165) is 21.2 Å². The second-order valence-electron chi connectivity index (χ2n) is 5.82. The van der Waals surface area contributed by atoms with Crippen molar-refractivity contribution in [2.24, 2.45) is 0 Å². The zero-order valence-corrected chi connectivity index (χ0v) is 17.0. The maximum absolute atomic E-state index is 12.8. The minimum atomic E-state index is -0.163. The lowest BCUT2D eigenvalue weighted by Crippen LogP contribution is -2.09. The molecule has 5 nitrogen and oxygen atoms in total. The molecule has 0 unspecified atom stereocenters. The summed E-state index contributed by atoms with van der Waals surface area (Å²) in [4.78, 5) is 21.1. The Morgan fingerprint density at radius 3 is 2.41 bits per heavy atom. The van der Waals surface area contributed by atoms with Crippen molar-refractivity contribution in [1.29, 1.82) is 0 Å². The summed E-state index contributed by atoms with van der Waals surface area (Å²) in [5.74, 6) is 1.70. The van der Waals surface area contributed by atoms with E-state index in [2.05, 4.69) is 25.9 Å². The van der Waals surface area contributed by atoms with Gasteiger partial charge in [-0.05, 0) is 35.9 Å². The lowest BCUT2D eigenvalue weighted by molar-refractivity contribution is 0.355. The first-order chi connectivity index (χ1) is 13.1. The van der Waals surface area contributed by atoms with Crippen LogP contribution in [0.2, 0.25) is 0 Å². The van der Waals surface area contributed by atoms with Crippen molar-refractivity contribution in [2.75, 3.05) is 14.2 Å². The van der Waals surface area contributed by atoms with Crippen LogP contribution in [0, 0.1) is 0 Å². The maximum Gasteiger partial charge on any atom is 0.260 e. The lowest BCUT2D eigenvalue weighted by atomic mass is 10.1. The van der Waals surface area contributed by atoms with Crippen LogP contribution in [0.25, 0.3) is 32.7 Å². The molecule has 27 heavy (non-hydrogen) atoms. The van der Waals surface area contributed by atoms with E-state index in [9.17, 15) is 4.79 Å². The fraction of sp³-hybridized carbons (Fsp3) is 0.100. The Hall–Kier alpha value is -2.64. The molecule has 2 aromatic carbocycles. The molecule has 2 aromatic heterocycles. The number of thiophene rings is 1. The molecule has 0 aliphatic carbocycles. The van der Waals surface area contributed by atoms with Gasteiger partial charge in [0.05, 0.1) is 19.6 Å². The normalized spacial score (nSPS) is 10.9. The minimum Gasteiger partial charge on any atom is -0.493 e. The zero-order valence-electron chi connectivity index (χ0n) is 14.6. The van der Waals surface area contributed by atoms with E-state index in [1.165, 1.54) is 11.3 Å². The van der Waals surface area contributed by atoms with Gasteiger partial charge in [-0.25, -0.2) is 4.98 Å². The quantitative estimate of drug-likeness (QED) is 0.477. The van der Waals surface area contributed by atoms with Crippen molar-refractivity contribution < 1.29 is 9.47 Å². The number of aromatic nitrogens is 2. The van der Waals surface area contributed by atoms with Crippen LogP contribution in [0.1, 0.15) is 0 Å². The topological polar surface area (TPSA) is 64.2 Å². The van der Waals surface area contributed by atoms with Gasteiger partial charge in [-0.1, -0.05) is 28.1 Å².